The van der Waals surface area contributed by atoms with E-state index >= 15 is 0 Å². The maximum atomic E-state index is 12.6. The summed E-state index contributed by atoms with van der Waals surface area (Å²) in [7, 11) is 1.13. The number of carboxylic acid groups (broad SMARTS) is 1. The number of anilines is 1. The quantitative estimate of drug-likeness (QED) is 0.618. The molecule has 1 amide bonds. The summed E-state index contributed by atoms with van der Waals surface area (Å²) in [5, 5.41) is 14.3. The number of benzene rings is 1. The lowest BCUT2D eigenvalue weighted by molar-refractivity contribution is -0.145. The van der Waals surface area contributed by atoms with Gasteiger partial charge in [-0.05, 0) is 18.2 Å². The zero-order chi connectivity index (χ0) is 19.6. The number of aromatic nitrogens is 3. The molecular weight excluding hydrogens is 361 g/mol. The normalized spacial score (nSPS) is 11.1. The Morgan fingerprint density at radius 2 is 1.81 bits per heavy atom. The number of nitrogens with one attached hydrogen (secondary N) is 1. The average molecular weight is 372 g/mol. The van der Waals surface area contributed by atoms with E-state index in [2.05, 4.69) is 15.4 Å². The Hall–Kier alpha value is -3.44. The maximum Gasteiger partial charge on any atom is 0.453 e. The first-order valence-corrected chi connectivity index (χ1v) is 6.83. The number of hydrogen-bond acceptors (Lipinski definition) is 6. The van der Waals surface area contributed by atoms with Crippen LogP contribution in [0.25, 0.3) is 0 Å². The van der Waals surface area contributed by atoms with Crippen LogP contribution in [0.3, 0.4) is 0 Å². The van der Waals surface area contributed by atoms with Crippen molar-refractivity contribution in [1.29, 1.82) is 0 Å². The minimum atomic E-state index is -4.80. The molecule has 2 rings (SSSR count). The number of hydrogen-bond donors (Lipinski definition) is 2. The van der Waals surface area contributed by atoms with Gasteiger partial charge in [-0.25, -0.2) is 9.48 Å². The molecule has 0 atom stereocenters. The summed E-state index contributed by atoms with van der Waals surface area (Å²) in [4.78, 5) is 37.5. The highest BCUT2D eigenvalue weighted by Gasteiger charge is 2.37. The highest BCUT2D eigenvalue weighted by atomic mass is 19.4. The monoisotopic (exact) mass is 372 g/mol. The number of nitrogens with zero attached hydrogens (tertiary/aromatic N) is 3. The number of halogens is 3. The number of aromatic carboxylic acids is 1. The Bertz CT molecular complexity index is 891. The van der Waals surface area contributed by atoms with Crippen molar-refractivity contribution in [3.05, 3.63) is 35.2 Å². The first-order chi connectivity index (χ1) is 12.0. The van der Waals surface area contributed by atoms with Crippen molar-refractivity contribution in [1.82, 2.24) is 14.8 Å². The predicted octanol–water partition coefficient (Wildman–Crippen LogP) is 1.71. The van der Waals surface area contributed by atoms with Crippen LogP contribution in [0.2, 0.25) is 0 Å². The third kappa shape index (κ3) is 4.34. The van der Waals surface area contributed by atoms with Crippen LogP contribution in [0.1, 0.15) is 33.5 Å². The molecular formula is C14H11F3N4O5. The molecule has 138 valence electrons. The molecule has 0 spiro atoms. The van der Waals surface area contributed by atoms with Gasteiger partial charge in [0.15, 0.2) is 0 Å². The number of esters is 1. The van der Waals surface area contributed by atoms with E-state index in [0.29, 0.717) is 4.68 Å². The molecule has 1 heterocycles. The van der Waals surface area contributed by atoms with Gasteiger partial charge in [0.05, 0.1) is 5.56 Å². The first-order valence-electron chi connectivity index (χ1n) is 6.83. The summed E-state index contributed by atoms with van der Waals surface area (Å²) in [6.07, 6.45) is -4.80. The van der Waals surface area contributed by atoms with Crippen LogP contribution in [0.5, 0.6) is 5.75 Å². The Labute approximate surface area is 143 Å². The second-order valence-corrected chi connectivity index (χ2v) is 4.98. The molecule has 2 aromatic rings. The van der Waals surface area contributed by atoms with Crippen molar-refractivity contribution < 1.29 is 37.4 Å². The van der Waals surface area contributed by atoms with Gasteiger partial charge in [0.1, 0.15) is 5.75 Å². The first kappa shape index (κ1) is 18.9. The topological polar surface area (TPSA) is 123 Å². The Morgan fingerprint density at radius 1 is 1.19 bits per heavy atom. The number of ether oxygens (including phenoxy) is 1. The van der Waals surface area contributed by atoms with Gasteiger partial charge in [0.2, 0.25) is 5.95 Å². The predicted molar refractivity (Wildman–Crippen MR) is 78.7 cm³/mol. The molecule has 12 heteroatoms. The van der Waals surface area contributed by atoms with E-state index in [1.807, 2.05) is 0 Å². The number of carboxylic acids is 1. The van der Waals surface area contributed by atoms with Gasteiger partial charge >= 0.3 is 18.1 Å². The summed E-state index contributed by atoms with van der Waals surface area (Å²) in [5.41, 5.74) is -0.624. The van der Waals surface area contributed by atoms with E-state index in [-0.39, 0.29) is 16.9 Å². The van der Waals surface area contributed by atoms with Crippen molar-refractivity contribution >= 4 is 23.8 Å². The molecule has 1 aromatic carbocycles. The van der Waals surface area contributed by atoms with Crippen molar-refractivity contribution in [2.45, 2.75) is 13.1 Å². The van der Waals surface area contributed by atoms with Crippen LogP contribution in [0, 0.1) is 0 Å². The average Bonchev–Trinajstić information content (AvgIpc) is 2.87. The minimum absolute atomic E-state index is 0.212. The summed E-state index contributed by atoms with van der Waals surface area (Å²) < 4.78 is 43.2. The van der Waals surface area contributed by atoms with Crippen molar-refractivity contribution in [3.63, 3.8) is 0 Å². The van der Waals surface area contributed by atoms with Crippen LogP contribution in [-0.2, 0) is 18.0 Å². The fraction of sp³-hybridized carbons (Fsp3) is 0.214. The van der Waals surface area contributed by atoms with E-state index in [1.54, 1.807) is 0 Å². The van der Waals surface area contributed by atoms with E-state index in [9.17, 15) is 27.6 Å². The third-order valence-corrected chi connectivity index (χ3v) is 2.92. The minimum Gasteiger partial charge on any atom is -0.478 e. The van der Waals surface area contributed by atoms with Crippen LogP contribution >= 0.6 is 0 Å². The maximum absolute atomic E-state index is 12.6. The SMILES string of the molecule is CC(=O)Oc1cc(C(=O)O)cc(C(=O)Nc2nc(C(F)(F)F)nn2C)c1. The Morgan fingerprint density at radius 3 is 2.31 bits per heavy atom. The lowest BCUT2D eigenvalue weighted by atomic mass is 10.1. The zero-order valence-electron chi connectivity index (χ0n) is 13.3. The van der Waals surface area contributed by atoms with Gasteiger partial charge in [0.25, 0.3) is 11.7 Å². The highest BCUT2D eigenvalue weighted by Crippen LogP contribution is 2.27. The van der Waals surface area contributed by atoms with E-state index in [1.165, 1.54) is 0 Å². The Balaban J connectivity index is 2.34. The lowest BCUT2D eigenvalue weighted by Crippen LogP contribution is -2.16. The fourth-order valence-electron chi connectivity index (χ4n) is 1.87. The van der Waals surface area contributed by atoms with Crippen LogP contribution < -0.4 is 10.1 Å². The summed E-state index contributed by atoms with van der Waals surface area (Å²) in [6, 6.07) is 3.04. The highest BCUT2D eigenvalue weighted by molar-refractivity contribution is 6.05. The van der Waals surface area contributed by atoms with E-state index < -0.39 is 35.8 Å². The summed E-state index contributed by atoms with van der Waals surface area (Å²) >= 11 is 0. The summed E-state index contributed by atoms with van der Waals surface area (Å²) in [5.74, 6) is -5.28. The van der Waals surface area contributed by atoms with Gasteiger partial charge in [-0.3, -0.25) is 14.9 Å². The van der Waals surface area contributed by atoms with Gasteiger partial charge in [-0.2, -0.15) is 18.2 Å². The summed E-state index contributed by atoms with van der Waals surface area (Å²) in [6.45, 7) is 1.07. The number of amides is 1. The number of alkyl halides is 3. The van der Waals surface area contributed by atoms with Gasteiger partial charge < -0.3 is 9.84 Å². The molecule has 0 aliphatic carbocycles. The molecule has 0 radical (unpaired) electrons. The largest absolute Gasteiger partial charge is 0.478 e. The molecule has 0 aliphatic heterocycles. The zero-order valence-corrected chi connectivity index (χ0v) is 13.3. The molecule has 2 N–H and O–H groups in total. The molecule has 0 saturated heterocycles. The molecule has 26 heavy (non-hydrogen) atoms. The molecule has 1 aromatic heterocycles. The van der Waals surface area contributed by atoms with Crippen LogP contribution in [0.4, 0.5) is 19.1 Å². The van der Waals surface area contributed by atoms with E-state index in [0.717, 1.165) is 32.2 Å². The number of carbonyl (C=O) groups is 3. The van der Waals surface area contributed by atoms with Crippen LogP contribution in [-0.4, -0.2) is 37.7 Å². The second kappa shape index (κ2) is 6.82. The van der Waals surface area contributed by atoms with E-state index in [4.69, 9.17) is 9.84 Å². The molecule has 0 fully saturated rings. The number of aryl methyl sites for hydroxylation is 1. The number of rotatable bonds is 4. The van der Waals surface area contributed by atoms with Crippen LogP contribution in [0.15, 0.2) is 18.2 Å². The fourth-order valence-corrected chi connectivity index (χ4v) is 1.87. The molecule has 0 unspecified atom stereocenters. The van der Waals surface area contributed by atoms with Gasteiger partial charge in [-0.15, -0.1) is 5.10 Å². The third-order valence-electron chi connectivity index (χ3n) is 2.92. The van der Waals surface area contributed by atoms with Gasteiger partial charge in [0, 0.05) is 19.5 Å². The lowest BCUT2D eigenvalue weighted by Gasteiger charge is -2.08. The molecule has 0 saturated carbocycles. The van der Waals surface area contributed by atoms with Crippen molar-refractivity contribution in [3.8, 4) is 5.75 Å². The smallest absolute Gasteiger partial charge is 0.453 e. The Kier molecular flexibility index (Phi) is 4.95. The van der Waals surface area contributed by atoms with Gasteiger partial charge in [-0.1, -0.05) is 0 Å². The molecule has 9 nitrogen and oxygen atoms in total. The number of carbonyl (C=O) groups excluding carboxylic acids is 2. The van der Waals surface area contributed by atoms with Crippen molar-refractivity contribution in [2.75, 3.05) is 5.32 Å². The van der Waals surface area contributed by atoms with Crippen molar-refractivity contribution in [2.24, 2.45) is 7.05 Å². The second-order valence-electron chi connectivity index (χ2n) is 4.98. The molecule has 0 aliphatic rings. The molecule has 0 bridgehead atoms. The standard InChI is InChI=1S/C14H11F3N4O5/c1-6(22)26-9-4-7(3-8(5-9)11(24)25)10(23)18-13-19-12(14(15,16)17)20-21(13)2/h3-5H,1-2H3,(H,24,25)(H,18,19,20,23).